The summed E-state index contributed by atoms with van der Waals surface area (Å²) in [4.78, 5) is 11.8. The van der Waals surface area contributed by atoms with Crippen molar-refractivity contribution in [3.8, 4) is 0 Å². The molecule has 1 fully saturated rings. The third-order valence-electron chi connectivity index (χ3n) is 3.26. The average Bonchev–Trinajstić information content (AvgIpc) is 2.74. The molecule has 1 aliphatic rings. The molecular weight excluding hydrogens is 234 g/mol. The minimum Gasteiger partial charge on any atom is -0.345 e. The molecule has 0 spiro atoms. The molecule has 0 bridgehead atoms. The van der Waals surface area contributed by atoms with Gasteiger partial charge >= 0.3 is 0 Å². The molecule has 4 heteroatoms. The Bertz CT molecular complexity index is 488. The van der Waals surface area contributed by atoms with Crippen LogP contribution in [0.2, 0.25) is 0 Å². The van der Waals surface area contributed by atoms with Crippen LogP contribution in [0.15, 0.2) is 30.7 Å². The number of nitrogens with one attached hydrogen (secondary N) is 1. The zero-order chi connectivity index (χ0) is 11.7. The van der Waals surface area contributed by atoms with Gasteiger partial charge in [-0.25, -0.2) is 4.98 Å². The molecule has 1 aliphatic carbocycles. The maximum absolute atomic E-state index is 5.98. The summed E-state index contributed by atoms with van der Waals surface area (Å²) >= 11 is 5.98. The molecule has 1 N–H and O–H groups in total. The van der Waals surface area contributed by atoms with Crippen LogP contribution >= 0.6 is 11.6 Å². The molecule has 2 aromatic heterocycles. The Hall–Kier alpha value is -1.35. The highest BCUT2D eigenvalue weighted by Crippen LogP contribution is 2.38. The van der Waals surface area contributed by atoms with Gasteiger partial charge in [-0.15, -0.1) is 11.6 Å². The Kier molecular flexibility index (Phi) is 2.85. The third kappa shape index (κ3) is 2.34. The molecule has 0 unspecified atom stereocenters. The van der Waals surface area contributed by atoms with Crippen LogP contribution in [0.25, 0.3) is 0 Å². The summed E-state index contributed by atoms with van der Waals surface area (Å²) in [5.74, 6) is 1.62. The Labute approximate surface area is 105 Å². The molecule has 0 amide bonds. The minimum atomic E-state index is 0.341. The summed E-state index contributed by atoms with van der Waals surface area (Å²) in [7, 11) is 0. The van der Waals surface area contributed by atoms with E-state index in [2.05, 4.69) is 15.0 Å². The lowest BCUT2D eigenvalue weighted by molar-refractivity contribution is 0.412. The van der Waals surface area contributed by atoms with Gasteiger partial charge < -0.3 is 4.98 Å². The lowest BCUT2D eigenvalue weighted by atomic mass is 9.84. The van der Waals surface area contributed by atoms with Crippen molar-refractivity contribution in [2.75, 3.05) is 0 Å². The summed E-state index contributed by atoms with van der Waals surface area (Å²) in [5, 5.41) is 0.341. The molecule has 0 saturated heterocycles. The number of alkyl halides is 1. The highest BCUT2D eigenvalue weighted by atomic mass is 35.5. The first-order valence-corrected chi connectivity index (χ1v) is 6.31. The molecule has 0 atom stereocenters. The highest BCUT2D eigenvalue weighted by molar-refractivity contribution is 6.21. The minimum absolute atomic E-state index is 0.341. The molecule has 0 radical (unpaired) electrons. The van der Waals surface area contributed by atoms with E-state index in [9.17, 15) is 0 Å². The zero-order valence-electron chi connectivity index (χ0n) is 9.44. The lowest BCUT2D eigenvalue weighted by Gasteiger charge is -2.28. The summed E-state index contributed by atoms with van der Waals surface area (Å²) < 4.78 is 0. The summed E-state index contributed by atoms with van der Waals surface area (Å²) in [6.07, 6.45) is 8.53. The van der Waals surface area contributed by atoms with Crippen LogP contribution in [0, 0.1) is 0 Å². The molecule has 1 saturated carbocycles. The van der Waals surface area contributed by atoms with Crippen molar-refractivity contribution in [1.82, 2.24) is 15.0 Å². The summed E-state index contributed by atoms with van der Waals surface area (Å²) in [6.45, 7) is 0. The van der Waals surface area contributed by atoms with Gasteiger partial charge in [0.2, 0.25) is 0 Å². The number of rotatable bonds is 3. The Morgan fingerprint density at radius 3 is 2.76 bits per heavy atom. The van der Waals surface area contributed by atoms with E-state index in [0.717, 1.165) is 30.8 Å². The second kappa shape index (κ2) is 4.49. The van der Waals surface area contributed by atoms with Gasteiger partial charge in [-0.2, -0.15) is 0 Å². The lowest BCUT2D eigenvalue weighted by Crippen LogP contribution is -2.22. The van der Waals surface area contributed by atoms with Gasteiger partial charge in [0.25, 0.3) is 0 Å². The van der Waals surface area contributed by atoms with E-state index in [1.54, 1.807) is 0 Å². The normalized spacial score (nSPS) is 23.4. The van der Waals surface area contributed by atoms with E-state index in [0.29, 0.717) is 11.3 Å². The topological polar surface area (TPSA) is 41.6 Å². The van der Waals surface area contributed by atoms with E-state index < -0.39 is 0 Å². The zero-order valence-corrected chi connectivity index (χ0v) is 10.2. The molecule has 0 aromatic carbocycles. The number of halogens is 1. The monoisotopic (exact) mass is 247 g/mol. The van der Waals surface area contributed by atoms with Crippen molar-refractivity contribution in [3.63, 3.8) is 0 Å². The molecule has 3 nitrogen and oxygen atoms in total. The number of hydrogen-bond acceptors (Lipinski definition) is 2. The molecule has 2 aromatic rings. The average molecular weight is 248 g/mol. The largest absolute Gasteiger partial charge is 0.345 e. The molecule has 3 rings (SSSR count). The van der Waals surface area contributed by atoms with Gasteiger partial charge in [0.1, 0.15) is 5.82 Å². The quantitative estimate of drug-likeness (QED) is 0.848. The number of aromatic nitrogens is 3. The number of nitrogens with zero attached hydrogens (tertiary/aromatic N) is 2. The van der Waals surface area contributed by atoms with Crippen molar-refractivity contribution < 1.29 is 0 Å². The maximum Gasteiger partial charge on any atom is 0.109 e. The van der Waals surface area contributed by atoms with Crippen LogP contribution in [0.1, 0.15) is 35.8 Å². The van der Waals surface area contributed by atoms with Crippen molar-refractivity contribution in [2.45, 2.75) is 30.6 Å². The Balaban J connectivity index is 1.69. The van der Waals surface area contributed by atoms with Crippen LogP contribution in [-0.2, 0) is 6.42 Å². The van der Waals surface area contributed by atoms with Crippen LogP contribution in [0.5, 0.6) is 0 Å². The van der Waals surface area contributed by atoms with Crippen LogP contribution in [0.4, 0.5) is 0 Å². The maximum atomic E-state index is 5.98. The van der Waals surface area contributed by atoms with Gasteiger partial charge in [0.05, 0.1) is 0 Å². The van der Waals surface area contributed by atoms with E-state index in [4.69, 9.17) is 11.6 Å². The number of imidazole rings is 1. The molecular formula is C13H14ClN3. The van der Waals surface area contributed by atoms with E-state index in [1.165, 1.54) is 5.56 Å². The summed E-state index contributed by atoms with van der Waals surface area (Å²) in [6, 6.07) is 4.05. The fraction of sp³-hybridized carbons (Fsp3) is 0.385. The number of pyridine rings is 1. The third-order valence-corrected chi connectivity index (χ3v) is 3.62. The molecule has 2 heterocycles. The van der Waals surface area contributed by atoms with Gasteiger partial charge in [-0.05, 0) is 30.5 Å². The van der Waals surface area contributed by atoms with E-state index >= 15 is 0 Å². The molecule has 0 aliphatic heterocycles. The SMILES string of the molecule is ClC1CC(c2ncc(Cc3ccncc3)[nH]2)C1. The van der Waals surface area contributed by atoms with Crippen molar-refractivity contribution in [1.29, 1.82) is 0 Å². The van der Waals surface area contributed by atoms with E-state index in [-0.39, 0.29) is 0 Å². The summed E-state index contributed by atoms with van der Waals surface area (Å²) in [5.41, 5.74) is 2.41. The van der Waals surface area contributed by atoms with Crippen LogP contribution in [0.3, 0.4) is 0 Å². The second-order valence-corrected chi connectivity index (χ2v) is 5.21. The van der Waals surface area contributed by atoms with E-state index in [1.807, 2.05) is 30.7 Å². The second-order valence-electron chi connectivity index (χ2n) is 4.59. The fourth-order valence-corrected chi connectivity index (χ4v) is 2.60. The molecule has 88 valence electrons. The highest BCUT2D eigenvalue weighted by Gasteiger charge is 2.30. The van der Waals surface area contributed by atoms with Crippen LogP contribution < -0.4 is 0 Å². The first-order valence-electron chi connectivity index (χ1n) is 5.88. The number of H-pyrrole nitrogens is 1. The smallest absolute Gasteiger partial charge is 0.109 e. The fourth-order valence-electron chi connectivity index (χ4n) is 2.17. The van der Waals surface area contributed by atoms with Gasteiger partial charge in [-0.3, -0.25) is 4.98 Å². The van der Waals surface area contributed by atoms with Crippen molar-refractivity contribution in [3.05, 3.63) is 47.8 Å². The van der Waals surface area contributed by atoms with Crippen molar-refractivity contribution in [2.24, 2.45) is 0 Å². The number of hydrogen-bond donors (Lipinski definition) is 1. The standard InChI is InChI=1S/C13H14ClN3/c14-11-6-10(7-11)13-16-8-12(17-13)5-9-1-3-15-4-2-9/h1-4,8,10-11H,5-7H2,(H,16,17). The first kappa shape index (κ1) is 10.8. The van der Waals surface area contributed by atoms with Crippen LogP contribution in [-0.4, -0.2) is 20.3 Å². The van der Waals surface area contributed by atoms with Gasteiger partial charge in [0, 0.05) is 42.0 Å². The van der Waals surface area contributed by atoms with Gasteiger partial charge in [0.15, 0.2) is 0 Å². The Morgan fingerprint density at radius 1 is 1.29 bits per heavy atom. The van der Waals surface area contributed by atoms with Gasteiger partial charge in [-0.1, -0.05) is 0 Å². The predicted octanol–water partition coefficient (Wildman–Crippen LogP) is 2.88. The molecule has 17 heavy (non-hydrogen) atoms. The first-order chi connectivity index (χ1) is 8.31. The Morgan fingerprint density at radius 2 is 2.06 bits per heavy atom. The van der Waals surface area contributed by atoms with Crippen molar-refractivity contribution >= 4 is 11.6 Å². The number of aromatic amines is 1. The predicted molar refractivity (Wildman–Crippen MR) is 67.2 cm³/mol.